The van der Waals surface area contributed by atoms with Crippen molar-refractivity contribution in [3.8, 4) is 5.75 Å². The van der Waals surface area contributed by atoms with Gasteiger partial charge in [0.1, 0.15) is 12.4 Å². The van der Waals surface area contributed by atoms with E-state index >= 15 is 0 Å². The Kier molecular flexibility index (Phi) is 5.71. The summed E-state index contributed by atoms with van der Waals surface area (Å²) in [5.41, 5.74) is 5.93. The van der Waals surface area contributed by atoms with E-state index in [2.05, 4.69) is 29.8 Å². The molecule has 0 unspecified atom stereocenters. The molecule has 0 aliphatic heterocycles. The van der Waals surface area contributed by atoms with Crippen LogP contribution in [-0.4, -0.2) is 19.8 Å². The average molecular weight is 306 g/mol. The van der Waals surface area contributed by atoms with Crippen LogP contribution in [0.25, 0.3) is 0 Å². The smallest absolute Gasteiger partial charge is 0.156 e. The molecule has 1 aromatic carbocycles. The normalized spacial score (nSPS) is 10.9. The second-order valence-electron chi connectivity index (χ2n) is 4.12. The van der Waals surface area contributed by atoms with Crippen molar-refractivity contribution in [1.82, 2.24) is 0 Å². The highest BCUT2D eigenvalue weighted by atomic mass is 79.9. The summed E-state index contributed by atoms with van der Waals surface area (Å²) in [6, 6.07) is 2.55. The summed E-state index contributed by atoms with van der Waals surface area (Å²) < 4.78 is 24.3. The highest BCUT2D eigenvalue weighted by molar-refractivity contribution is 9.10. The fraction of sp³-hybridized carbons (Fsp3) is 0.500. The van der Waals surface area contributed by atoms with Crippen molar-refractivity contribution in [2.45, 2.75) is 13.8 Å². The van der Waals surface area contributed by atoms with Gasteiger partial charge in [0, 0.05) is 12.7 Å². The van der Waals surface area contributed by atoms with E-state index in [0.29, 0.717) is 36.0 Å². The van der Waals surface area contributed by atoms with Crippen molar-refractivity contribution < 1.29 is 13.9 Å². The monoisotopic (exact) mass is 305 g/mol. The van der Waals surface area contributed by atoms with E-state index in [-0.39, 0.29) is 5.69 Å². The van der Waals surface area contributed by atoms with Crippen molar-refractivity contribution in [3.05, 3.63) is 22.4 Å². The Morgan fingerprint density at radius 2 is 2.06 bits per heavy atom. The van der Waals surface area contributed by atoms with Crippen LogP contribution in [0.1, 0.15) is 13.8 Å². The summed E-state index contributed by atoms with van der Waals surface area (Å²) in [5, 5.41) is 0. The lowest BCUT2D eigenvalue weighted by Gasteiger charge is -2.12. The number of benzene rings is 1. The molecule has 0 fully saturated rings. The Morgan fingerprint density at radius 1 is 1.35 bits per heavy atom. The molecular formula is C12H17BrFNO2. The van der Waals surface area contributed by atoms with Crippen LogP contribution in [0.2, 0.25) is 0 Å². The molecule has 0 spiro atoms. The molecular weight excluding hydrogens is 289 g/mol. The van der Waals surface area contributed by atoms with Crippen LogP contribution in [0.5, 0.6) is 5.75 Å². The van der Waals surface area contributed by atoms with E-state index in [1.807, 2.05) is 0 Å². The third kappa shape index (κ3) is 4.91. The molecule has 0 amide bonds. The molecule has 0 aliphatic rings. The second-order valence-corrected chi connectivity index (χ2v) is 4.98. The van der Waals surface area contributed by atoms with E-state index in [9.17, 15) is 4.39 Å². The van der Waals surface area contributed by atoms with Crippen LogP contribution in [0.3, 0.4) is 0 Å². The molecule has 96 valence electrons. The summed E-state index contributed by atoms with van der Waals surface area (Å²) in [7, 11) is 0. The molecule has 0 saturated heterocycles. The summed E-state index contributed by atoms with van der Waals surface area (Å²) in [5.74, 6) is 0.565. The Morgan fingerprint density at radius 3 is 2.65 bits per heavy atom. The number of rotatable bonds is 6. The van der Waals surface area contributed by atoms with Gasteiger partial charge in [-0.2, -0.15) is 0 Å². The van der Waals surface area contributed by atoms with Crippen LogP contribution >= 0.6 is 15.9 Å². The zero-order valence-electron chi connectivity index (χ0n) is 10.0. The molecule has 5 heteroatoms. The molecule has 1 aromatic rings. The van der Waals surface area contributed by atoms with Gasteiger partial charge in [-0.3, -0.25) is 0 Å². The number of anilines is 1. The topological polar surface area (TPSA) is 44.5 Å². The SMILES string of the molecule is CC(C)COCCOc1c(N)cc(F)cc1Br. The first-order chi connectivity index (χ1) is 8.00. The standard InChI is InChI=1S/C12H17BrFNO2/c1-8(2)7-16-3-4-17-12-10(13)5-9(14)6-11(12)15/h5-6,8H,3-4,7,15H2,1-2H3. The van der Waals surface area contributed by atoms with Crippen molar-refractivity contribution in [2.24, 2.45) is 5.92 Å². The predicted molar refractivity (Wildman–Crippen MR) is 69.7 cm³/mol. The fourth-order valence-electron chi connectivity index (χ4n) is 1.25. The minimum absolute atomic E-state index is 0.278. The largest absolute Gasteiger partial charge is 0.488 e. The number of nitrogens with two attached hydrogens (primary N) is 1. The van der Waals surface area contributed by atoms with E-state index in [1.54, 1.807) is 0 Å². The maximum absolute atomic E-state index is 12.9. The lowest BCUT2D eigenvalue weighted by atomic mass is 10.2. The van der Waals surface area contributed by atoms with Gasteiger partial charge in [0.25, 0.3) is 0 Å². The van der Waals surface area contributed by atoms with Crippen molar-refractivity contribution in [1.29, 1.82) is 0 Å². The van der Waals surface area contributed by atoms with Gasteiger partial charge in [0.15, 0.2) is 5.75 Å². The van der Waals surface area contributed by atoms with Gasteiger partial charge in [-0.1, -0.05) is 13.8 Å². The van der Waals surface area contributed by atoms with Crippen LogP contribution in [0.15, 0.2) is 16.6 Å². The van der Waals surface area contributed by atoms with Gasteiger partial charge in [-0.15, -0.1) is 0 Å². The average Bonchev–Trinajstić information content (AvgIpc) is 2.20. The minimum Gasteiger partial charge on any atom is -0.488 e. The zero-order valence-corrected chi connectivity index (χ0v) is 11.6. The van der Waals surface area contributed by atoms with Crippen molar-refractivity contribution in [3.63, 3.8) is 0 Å². The molecule has 0 aliphatic carbocycles. The number of hydrogen-bond donors (Lipinski definition) is 1. The van der Waals surface area contributed by atoms with E-state index in [4.69, 9.17) is 15.2 Å². The first-order valence-electron chi connectivity index (χ1n) is 5.45. The Labute approximate surface area is 109 Å². The third-order valence-electron chi connectivity index (χ3n) is 1.96. The van der Waals surface area contributed by atoms with Gasteiger partial charge in [0.2, 0.25) is 0 Å². The molecule has 0 heterocycles. The highest BCUT2D eigenvalue weighted by Gasteiger charge is 2.08. The molecule has 0 bridgehead atoms. The Balaban J connectivity index is 2.42. The number of hydrogen-bond acceptors (Lipinski definition) is 3. The molecule has 17 heavy (non-hydrogen) atoms. The molecule has 0 saturated carbocycles. The van der Waals surface area contributed by atoms with Crippen LogP contribution < -0.4 is 10.5 Å². The van der Waals surface area contributed by atoms with E-state index in [0.717, 1.165) is 0 Å². The lowest BCUT2D eigenvalue weighted by Crippen LogP contribution is -2.11. The van der Waals surface area contributed by atoms with Gasteiger partial charge in [-0.25, -0.2) is 4.39 Å². The quantitative estimate of drug-likeness (QED) is 0.648. The lowest BCUT2D eigenvalue weighted by molar-refractivity contribution is 0.0819. The van der Waals surface area contributed by atoms with Crippen LogP contribution in [-0.2, 0) is 4.74 Å². The molecule has 0 atom stereocenters. The highest BCUT2D eigenvalue weighted by Crippen LogP contribution is 2.32. The molecule has 0 aromatic heterocycles. The number of nitrogen functional groups attached to an aromatic ring is 1. The van der Waals surface area contributed by atoms with E-state index in [1.165, 1.54) is 12.1 Å². The number of ether oxygens (including phenoxy) is 2. The van der Waals surface area contributed by atoms with Crippen molar-refractivity contribution >= 4 is 21.6 Å². The minimum atomic E-state index is -0.391. The maximum Gasteiger partial charge on any atom is 0.156 e. The van der Waals surface area contributed by atoms with Gasteiger partial charge < -0.3 is 15.2 Å². The first-order valence-corrected chi connectivity index (χ1v) is 6.25. The summed E-state index contributed by atoms with van der Waals surface area (Å²) >= 11 is 3.20. The summed E-state index contributed by atoms with van der Waals surface area (Å²) in [4.78, 5) is 0. The second kappa shape index (κ2) is 6.81. The Hall–Kier alpha value is -0.810. The molecule has 3 nitrogen and oxygen atoms in total. The van der Waals surface area contributed by atoms with E-state index < -0.39 is 5.82 Å². The van der Waals surface area contributed by atoms with Gasteiger partial charge in [0.05, 0.1) is 16.8 Å². The van der Waals surface area contributed by atoms with Gasteiger partial charge >= 0.3 is 0 Å². The summed E-state index contributed by atoms with van der Waals surface area (Å²) in [6.07, 6.45) is 0. The van der Waals surface area contributed by atoms with Crippen LogP contribution in [0, 0.1) is 11.7 Å². The maximum atomic E-state index is 12.9. The van der Waals surface area contributed by atoms with Crippen molar-refractivity contribution in [2.75, 3.05) is 25.6 Å². The first kappa shape index (κ1) is 14.3. The zero-order chi connectivity index (χ0) is 12.8. The molecule has 2 N–H and O–H groups in total. The van der Waals surface area contributed by atoms with Gasteiger partial charge in [-0.05, 0) is 27.9 Å². The predicted octanol–water partition coefficient (Wildman–Crippen LogP) is 3.22. The fourth-order valence-corrected chi connectivity index (χ4v) is 1.82. The Bertz CT molecular complexity index is 349. The molecule has 0 radical (unpaired) electrons. The number of halogens is 2. The third-order valence-corrected chi connectivity index (χ3v) is 2.55. The van der Waals surface area contributed by atoms with Crippen LogP contribution in [0.4, 0.5) is 10.1 Å². The summed E-state index contributed by atoms with van der Waals surface area (Å²) in [6.45, 7) is 5.73. The molecule has 1 rings (SSSR count).